The summed E-state index contributed by atoms with van der Waals surface area (Å²) in [6.07, 6.45) is 5.23. The molecule has 0 saturated carbocycles. The Labute approximate surface area is 75.6 Å². The van der Waals surface area contributed by atoms with Crippen molar-refractivity contribution < 1.29 is 0 Å². The van der Waals surface area contributed by atoms with Crippen LogP contribution >= 0.6 is 11.3 Å². The first-order chi connectivity index (χ1) is 5.95. The van der Waals surface area contributed by atoms with Crippen molar-refractivity contribution in [1.29, 1.82) is 0 Å². The molecule has 62 valence electrons. The average molecular weight is 178 g/mol. The second kappa shape index (κ2) is 3.54. The average Bonchev–Trinajstić information content (AvgIpc) is 2.74. The smallest absolute Gasteiger partial charge is 0.0621 e. The van der Waals surface area contributed by atoms with Crippen molar-refractivity contribution >= 4 is 23.1 Å². The van der Waals surface area contributed by atoms with E-state index >= 15 is 0 Å². The Balaban J connectivity index is 2.02. The minimum absolute atomic E-state index is 0.976. The molecule has 3 heteroatoms. The third-order valence-electron chi connectivity index (χ3n) is 1.70. The molecule has 0 fully saturated rings. The maximum absolute atomic E-state index is 4.12. The normalized spacial score (nSPS) is 16.5. The Morgan fingerprint density at radius 1 is 1.50 bits per heavy atom. The molecule has 0 bridgehead atoms. The minimum atomic E-state index is 0.976. The zero-order valence-electron chi connectivity index (χ0n) is 6.66. The van der Waals surface area contributed by atoms with Crippen LogP contribution in [-0.4, -0.2) is 12.3 Å². The number of allylic oxidation sites excluding steroid dienone is 1. The van der Waals surface area contributed by atoms with Crippen molar-refractivity contribution in [3.63, 3.8) is 0 Å². The maximum atomic E-state index is 4.12. The number of hydrogen-bond acceptors (Lipinski definition) is 3. The summed E-state index contributed by atoms with van der Waals surface area (Å²) >= 11 is 1.74. The fraction of sp³-hybridized carbons (Fsp3) is 0.222. The second-order valence-corrected chi connectivity index (χ2v) is 3.59. The van der Waals surface area contributed by atoms with Gasteiger partial charge in [0.15, 0.2) is 0 Å². The first-order valence-electron chi connectivity index (χ1n) is 3.96. The lowest BCUT2D eigenvalue weighted by Gasteiger charge is -1.85. The van der Waals surface area contributed by atoms with E-state index in [0.717, 1.165) is 18.7 Å². The van der Waals surface area contributed by atoms with Gasteiger partial charge >= 0.3 is 0 Å². The molecule has 0 spiro atoms. The van der Waals surface area contributed by atoms with Crippen LogP contribution in [0, 0.1) is 0 Å². The van der Waals surface area contributed by atoms with Crippen molar-refractivity contribution in [2.45, 2.75) is 6.42 Å². The molecular formula is C9H10N2S. The van der Waals surface area contributed by atoms with E-state index in [1.807, 2.05) is 0 Å². The number of nitrogens with one attached hydrogen (secondary N) is 1. The van der Waals surface area contributed by atoms with Crippen molar-refractivity contribution in [3.8, 4) is 0 Å². The van der Waals surface area contributed by atoms with Crippen molar-refractivity contribution in [2.75, 3.05) is 6.54 Å². The third-order valence-corrected chi connectivity index (χ3v) is 2.54. The molecule has 1 aliphatic heterocycles. The monoisotopic (exact) mass is 178 g/mol. The van der Waals surface area contributed by atoms with Crippen molar-refractivity contribution in [2.24, 2.45) is 5.10 Å². The predicted molar refractivity (Wildman–Crippen MR) is 53.4 cm³/mol. The van der Waals surface area contributed by atoms with Crippen LogP contribution in [0.4, 0.5) is 0 Å². The van der Waals surface area contributed by atoms with Gasteiger partial charge < -0.3 is 5.43 Å². The van der Waals surface area contributed by atoms with Crippen LogP contribution in [0.3, 0.4) is 0 Å². The van der Waals surface area contributed by atoms with Gasteiger partial charge in [0.2, 0.25) is 0 Å². The van der Waals surface area contributed by atoms with E-state index in [-0.39, 0.29) is 0 Å². The summed E-state index contributed by atoms with van der Waals surface area (Å²) in [6, 6.07) is 4.16. The first-order valence-corrected chi connectivity index (χ1v) is 4.84. The summed E-state index contributed by atoms with van der Waals surface area (Å²) in [5, 5.41) is 6.20. The van der Waals surface area contributed by atoms with Crippen LogP contribution in [0.2, 0.25) is 0 Å². The Morgan fingerprint density at radius 2 is 2.50 bits per heavy atom. The summed E-state index contributed by atoms with van der Waals surface area (Å²) in [4.78, 5) is 1.28. The summed E-state index contributed by atoms with van der Waals surface area (Å²) in [5.74, 6) is 0. The molecule has 12 heavy (non-hydrogen) atoms. The van der Waals surface area contributed by atoms with Gasteiger partial charge in [-0.15, -0.1) is 11.3 Å². The highest BCUT2D eigenvalue weighted by Crippen LogP contribution is 2.10. The number of hydrazone groups is 1. The largest absolute Gasteiger partial charge is 0.309 e. The molecule has 0 unspecified atom stereocenters. The molecule has 2 rings (SSSR count). The number of thiophene rings is 1. The van der Waals surface area contributed by atoms with E-state index in [9.17, 15) is 0 Å². The molecule has 0 saturated heterocycles. The van der Waals surface area contributed by atoms with Gasteiger partial charge in [-0.05, 0) is 23.6 Å². The topological polar surface area (TPSA) is 24.4 Å². The van der Waals surface area contributed by atoms with Gasteiger partial charge in [0, 0.05) is 17.8 Å². The SMILES string of the molecule is C(=C\c1cccs1)/C1=NNCC1. The molecule has 2 heterocycles. The van der Waals surface area contributed by atoms with E-state index in [4.69, 9.17) is 0 Å². The highest BCUT2D eigenvalue weighted by Gasteiger charge is 2.00. The summed E-state index contributed by atoms with van der Waals surface area (Å²) in [5.41, 5.74) is 4.08. The first kappa shape index (κ1) is 7.55. The number of rotatable bonds is 2. The molecule has 1 aromatic rings. The lowest BCUT2D eigenvalue weighted by atomic mass is 10.2. The van der Waals surface area contributed by atoms with Gasteiger partial charge in [0.25, 0.3) is 0 Å². The Hall–Kier alpha value is -1.09. The van der Waals surface area contributed by atoms with E-state index in [2.05, 4.69) is 40.2 Å². The molecule has 0 amide bonds. The van der Waals surface area contributed by atoms with Crippen LogP contribution in [0.25, 0.3) is 6.08 Å². The maximum Gasteiger partial charge on any atom is 0.0621 e. The molecule has 1 N–H and O–H groups in total. The van der Waals surface area contributed by atoms with E-state index in [1.54, 1.807) is 11.3 Å². The molecule has 2 nitrogen and oxygen atoms in total. The summed E-state index contributed by atoms with van der Waals surface area (Å²) < 4.78 is 0. The molecular weight excluding hydrogens is 168 g/mol. The zero-order chi connectivity index (χ0) is 8.23. The predicted octanol–water partition coefficient (Wildman–Crippen LogP) is 2.11. The van der Waals surface area contributed by atoms with Crippen molar-refractivity contribution in [3.05, 3.63) is 28.5 Å². The molecule has 0 aromatic carbocycles. The highest BCUT2D eigenvalue weighted by atomic mass is 32.1. The quantitative estimate of drug-likeness (QED) is 0.737. The third kappa shape index (κ3) is 1.74. The van der Waals surface area contributed by atoms with Crippen LogP contribution < -0.4 is 5.43 Å². The van der Waals surface area contributed by atoms with Gasteiger partial charge in [-0.25, -0.2) is 0 Å². The van der Waals surface area contributed by atoms with E-state index in [0.29, 0.717) is 0 Å². The Kier molecular flexibility index (Phi) is 2.23. The molecule has 1 aliphatic rings. The summed E-state index contributed by atoms with van der Waals surface area (Å²) in [6.45, 7) is 0.976. The molecule has 0 radical (unpaired) electrons. The Bertz CT molecular complexity index is 298. The zero-order valence-corrected chi connectivity index (χ0v) is 7.47. The fourth-order valence-corrected chi connectivity index (χ4v) is 1.70. The van der Waals surface area contributed by atoms with Gasteiger partial charge in [0.05, 0.1) is 5.71 Å². The van der Waals surface area contributed by atoms with Crippen LogP contribution in [0.5, 0.6) is 0 Å². The van der Waals surface area contributed by atoms with Gasteiger partial charge in [-0.1, -0.05) is 6.07 Å². The molecule has 1 aromatic heterocycles. The van der Waals surface area contributed by atoms with Crippen LogP contribution in [0.15, 0.2) is 28.7 Å². The van der Waals surface area contributed by atoms with Gasteiger partial charge in [-0.3, -0.25) is 0 Å². The molecule has 0 aliphatic carbocycles. The Morgan fingerprint density at radius 3 is 3.17 bits per heavy atom. The number of nitrogens with zero attached hydrogens (tertiary/aromatic N) is 1. The van der Waals surface area contributed by atoms with E-state index in [1.165, 1.54) is 4.88 Å². The summed E-state index contributed by atoms with van der Waals surface area (Å²) in [7, 11) is 0. The fourth-order valence-electron chi connectivity index (χ4n) is 1.08. The lowest BCUT2D eigenvalue weighted by Crippen LogP contribution is -1.96. The lowest BCUT2D eigenvalue weighted by molar-refractivity contribution is 0.813. The van der Waals surface area contributed by atoms with Crippen LogP contribution in [-0.2, 0) is 0 Å². The minimum Gasteiger partial charge on any atom is -0.309 e. The van der Waals surface area contributed by atoms with Crippen LogP contribution in [0.1, 0.15) is 11.3 Å². The van der Waals surface area contributed by atoms with Gasteiger partial charge in [-0.2, -0.15) is 5.10 Å². The molecule has 0 atom stereocenters. The van der Waals surface area contributed by atoms with Gasteiger partial charge in [0.1, 0.15) is 0 Å². The standard InChI is InChI=1S/C9H10N2S/c1-2-9(12-7-1)4-3-8-5-6-10-11-8/h1-4,7,10H,5-6H2/b4-3+. The van der Waals surface area contributed by atoms with E-state index < -0.39 is 0 Å². The second-order valence-electron chi connectivity index (χ2n) is 2.61. The van der Waals surface area contributed by atoms with Crippen molar-refractivity contribution in [1.82, 2.24) is 5.43 Å². The highest BCUT2D eigenvalue weighted by molar-refractivity contribution is 7.10. The number of hydrogen-bond donors (Lipinski definition) is 1.